The van der Waals surface area contributed by atoms with Crippen LogP contribution in [0.15, 0.2) is 29.6 Å². The molecule has 0 saturated carbocycles. The highest BCUT2D eigenvalue weighted by atomic mass is 32.1. The maximum Gasteiger partial charge on any atom is 0.303 e. The van der Waals surface area contributed by atoms with Crippen LogP contribution in [0.5, 0.6) is 0 Å². The Morgan fingerprint density at radius 3 is 2.50 bits per heavy atom. The van der Waals surface area contributed by atoms with E-state index in [1.54, 1.807) is 11.3 Å². The predicted molar refractivity (Wildman–Crippen MR) is 75.2 cm³/mol. The van der Waals surface area contributed by atoms with E-state index in [0.717, 1.165) is 4.88 Å². The highest BCUT2D eigenvalue weighted by Crippen LogP contribution is 2.30. The summed E-state index contributed by atoms with van der Waals surface area (Å²) in [6.07, 6.45) is 0.799. The molecule has 0 aliphatic rings. The first kappa shape index (κ1) is 12.8. The first-order valence-corrected chi connectivity index (χ1v) is 6.81. The second kappa shape index (κ2) is 5.36. The fourth-order valence-corrected chi connectivity index (χ4v) is 3.04. The van der Waals surface area contributed by atoms with Gasteiger partial charge in [-0.1, -0.05) is 29.3 Å². The van der Waals surface area contributed by atoms with Crippen molar-refractivity contribution in [3.8, 4) is 11.1 Å². The third-order valence-corrected chi connectivity index (χ3v) is 3.82. The number of carbonyl (C=O) groups is 1. The predicted octanol–water partition coefficient (Wildman–Crippen LogP) is 4.05. The van der Waals surface area contributed by atoms with Gasteiger partial charge in [0.25, 0.3) is 0 Å². The lowest BCUT2D eigenvalue weighted by Gasteiger charge is -2.06. The number of aliphatic carboxylic acids is 1. The summed E-state index contributed by atoms with van der Waals surface area (Å²) in [6, 6.07) is 8.53. The molecule has 1 N–H and O–H groups in total. The Balaban J connectivity index is 2.33. The molecule has 0 unspecified atom stereocenters. The zero-order valence-corrected chi connectivity index (χ0v) is 11.4. The SMILES string of the molecule is Cc1cc(C)cc(-c2ccsc2CCC(=O)O)c1. The molecular formula is C15H16O2S. The molecule has 0 fully saturated rings. The van der Waals surface area contributed by atoms with Crippen LogP contribution in [-0.2, 0) is 11.2 Å². The van der Waals surface area contributed by atoms with Crippen molar-refractivity contribution < 1.29 is 9.90 Å². The molecule has 94 valence electrons. The van der Waals surface area contributed by atoms with Crippen LogP contribution in [0.2, 0.25) is 0 Å². The van der Waals surface area contributed by atoms with E-state index in [0.29, 0.717) is 6.42 Å². The van der Waals surface area contributed by atoms with E-state index in [1.165, 1.54) is 22.3 Å². The van der Waals surface area contributed by atoms with Crippen molar-refractivity contribution in [2.45, 2.75) is 26.7 Å². The highest BCUT2D eigenvalue weighted by molar-refractivity contribution is 7.10. The largest absolute Gasteiger partial charge is 0.481 e. The fraction of sp³-hybridized carbons (Fsp3) is 0.267. The summed E-state index contributed by atoms with van der Waals surface area (Å²) in [7, 11) is 0. The summed E-state index contributed by atoms with van der Waals surface area (Å²) in [6.45, 7) is 4.17. The summed E-state index contributed by atoms with van der Waals surface area (Å²) in [5, 5.41) is 10.8. The number of thiophene rings is 1. The summed E-state index contributed by atoms with van der Waals surface area (Å²) >= 11 is 1.63. The topological polar surface area (TPSA) is 37.3 Å². The highest BCUT2D eigenvalue weighted by Gasteiger charge is 2.09. The number of hydrogen-bond acceptors (Lipinski definition) is 2. The summed E-state index contributed by atoms with van der Waals surface area (Å²) in [5.41, 5.74) is 4.84. The molecule has 2 rings (SSSR count). The minimum Gasteiger partial charge on any atom is -0.481 e. The number of aryl methyl sites for hydroxylation is 3. The molecule has 1 heterocycles. The molecule has 0 amide bonds. The van der Waals surface area contributed by atoms with Gasteiger partial charge in [-0.25, -0.2) is 0 Å². The van der Waals surface area contributed by atoms with Gasteiger partial charge in [0.2, 0.25) is 0 Å². The monoisotopic (exact) mass is 260 g/mol. The van der Waals surface area contributed by atoms with Crippen molar-refractivity contribution in [3.63, 3.8) is 0 Å². The van der Waals surface area contributed by atoms with Crippen LogP contribution in [0.3, 0.4) is 0 Å². The van der Waals surface area contributed by atoms with Crippen LogP contribution in [0, 0.1) is 13.8 Å². The van der Waals surface area contributed by atoms with Gasteiger partial charge in [0.15, 0.2) is 0 Å². The molecule has 3 heteroatoms. The summed E-state index contributed by atoms with van der Waals surface area (Å²) in [4.78, 5) is 11.8. The van der Waals surface area contributed by atoms with E-state index in [1.807, 2.05) is 5.38 Å². The maximum absolute atomic E-state index is 10.7. The Hall–Kier alpha value is -1.61. The maximum atomic E-state index is 10.7. The van der Waals surface area contributed by atoms with Crippen LogP contribution in [0.25, 0.3) is 11.1 Å². The Morgan fingerprint density at radius 2 is 1.89 bits per heavy atom. The van der Waals surface area contributed by atoms with E-state index in [2.05, 4.69) is 38.1 Å². The van der Waals surface area contributed by atoms with E-state index in [4.69, 9.17) is 5.11 Å². The summed E-state index contributed by atoms with van der Waals surface area (Å²) < 4.78 is 0. The molecule has 0 spiro atoms. The van der Waals surface area contributed by atoms with Crippen molar-refractivity contribution in [3.05, 3.63) is 45.6 Å². The van der Waals surface area contributed by atoms with E-state index in [9.17, 15) is 4.79 Å². The second-order valence-corrected chi connectivity index (χ2v) is 5.53. The molecule has 2 aromatic rings. The minimum atomic E-state index is -0.741. The standard InChI is InChI=1S/C15H16O2S/c1-10-7-11(2)9-12(8-10)13-5-6-18-14(13)3-4-15(16)17/h5-9H,3-4H2,1-2H3,(H,16,17). The van der Waals surface area contributed by atoms with Crippen molar-refractivity contribution in [1.29, 1.82) is 0 Å². The van der Waals surface area contributed by atoms with E-state index in [-0.39, 0.29) is 6.42 Å². The second-order valence-electron chi connectivity index (χ2n) is 4.53. The van der Waals surface area contributed by atoms with Gasteiger partial charge in [-0.05, 0) is 42.8 Å². The zero-order valence-electron chi connectivity index (χ0n) is 10.6. The molecule has 0 aliphatic heterocycles. The van der Waals surface area contributed by atoms with Crippen molar-refractivity contribution >= 4 is 17.3 Å². The smallest absolute Gasteiger partial charge is 0.303 e. The first-order valence-electron chi connectivity index (χ1n) is 5.93. The molecule has 0 radical (unpaired) electrons. The number of carboxylic acid groups (broad SMARTS) is 1. The Kier molecular flexibility index (Phi) is 3.82. The third-order valence-electron chi connectivity index (χ3n) is 2.84. The van der Waals surface area contributed by atoms with Crippen LogP contribution in [0.1, 0.15) is 22.4 Å². The van der Waals surface area contributed by atoms with Gasteiger partial charge in [0, 0.05) is 4.88 Å². The molecule has 0 saturated heterocycles. The first-order chi connectivity index (χ1) is 8.56. The molecule has 0 bridgehead atoms. The van der Waals surface area contributed by atoms with Gasteiger partial charge in [-0.3, -0.25) is 4.79 Å². The van der Waals surface area contributed by atoms with Crippen LogP contribution in [0.4, 0.5) is 0 Å². The molecule has 1 aromatic heterocycles. The lowest BCUT2D eigenvalue weighted by Crippen LogP contribution is -1.97. The number of benzene rings is 1. The average molecular weight is 260 g/mol. The zero-order chi connectivity index (χ0) is 13.1. The molecule has 2 nitrogen and oxygen atoms in total. The Morgan fingerprint density at radius 1 is 1.22 bits per heavy atom. The molecular weight excluding hydrogens is 244 g/mol. The molecule has 1 aromatic carbocycles. The van der Waals surface area contributed by atoms with Crippen molar-refractivity contribution in [2.75, 3.05) is 0 Å². The fourth-order valence-electron chi connectivity index (χ4n) is 2.14. The normalized spacial score (nSPS) is 10.6. The van der Waals surface area contributed by atoms with Gasteiger partial charge in [-0.2, -0.15) is 0 Å². The minimum absolute atomic E-state index is 0.193. The Bertz CT molecular complexity index is 549. The third kappa shape index (κ3) is 2.99. The molecule has 0 aliphatic carbocycles. The van der Waals surface area contributed by atoms with Crippen LogP contribution < -0.4 is 0 Å². The van der Waals surface area contributed by atoms with E-state index >= 15 is 0 Å². The number of hydrogen-bond donors (Lipinski definition) is 1. The van der Waals surface area contributed by atoms with Gasteiger partial charge in [0.05, 0.1) is 6.42 Å². The van der Waals surface area contributed by atoms with Gasteiger partial charge in [0.1, 0.15) is 0 Å². The van der Waals surface area contributed by atoms with Gasteiger partial charge < -0.3 is 5.11 Å². The van der Waals surface area contributed by atoms with Crippen molar-refractivity contribution in [1.82, 2.24) is 0 Å². The molecule has 0 atom stereocenters. The number of rotatable bonds is 4. The number of carboxylic acids is 1. The van der Waals surface area contributed by atoms with Crippen molar-refractivity contribution in [2.24, 2.45) is 0 Å². The Labute approximate surface area is 111 Å². The van der Waals surface area contributed by atoms with Crippen LogP contribution in [-0.4, -0.2) is 11.1 Å². The van der Waals surface area contributed by atoms with E-state index < -0.39 is 5.97 Å². The van der Waals surface area contributed by atoms with Gasteiger partial charge in [-0.15, -0.1) is 11.3 Å². The lowest BCUT2D eigenvalue weighted by molar-refractivity contribution is -0.136. The molecule has 18 heavy (non-hydrogen) atoms. The van der Waals surface area contributed by atoms with Gasteiger partial charge >= 0.3 is 5.97 Å². The van der Waals surface area contributed by atoms with Crippen LogP contribution >= 0.6 is 11.3 Å². The summed E-state index contributed by atoms with van der Waals surface area (Å²) in [5.74, 6) is -0.741. The quantitative estimate of drug-likeness (QED) is 0.900. The lowest BCUT2D eigenvalue weighted by atomic mass is 10.0. The average Bonchev–Trinajstić information content (AvgIpc) is 2.72.